The summed E-state index contributed by atoms with van der Waals surface area (Å²) in [4.78, 5) is 16.2. The van der Waals surface area contributed by atoms with Crippen molar-refractivity contribution in [3.8, 4) is 0 Å². The van der Waals surface area contributed by atoms with Crippen LogP contribution >= 0.6 is 0 Å². The molecule has 0 spiro atoms. The van der Waals surface area contributed by atoms with Gasteiger partial charge in [0.1, 0.15) is 17.5 Å². The van der Waals surface area contributed by atoms with E-state index in [0.717, 1.165) is 37.3 Å². The minimum atomic E-state index is -0.858. The van der Waals surface area contributed by atoms with Gasteiger partial charge < -0.3 is 4.90 Å². The highest BCUT2D eigenvalue weighted by atomic mass is 19.1. The molecule has 0 atom stereocenters. The summed E-state index contributed by atoms with van der Waals surface area (Å²) >= 11 is 0. The predicted octanol–water partition coefficient (Wildman–Crippen LogP) is 3.62. The maximum atomic E-state index is 13.6. The van der Waals surface area contributed by atoms with Crippen molar-refractivity contribution in [2.24, 2.45) is 0 Å². The van der Waals surface area contributed by atoms with Gasteiger partial charge in [-0.1, -0.05) is 18.2 Å². The Morgan fingerprint density at radius 2 is 1.54 bits per heavy atom. The van der Waals surface area contributed by atoms with Crippen molar-refractivity contribution in [2.75, 3.05) is 26.2 Å². The number of hydrogen-bond acceptors (Lipinski definition) is 3. The first kappa shape index (κ1) is 18.2. The number of allylic oxidation sites excluding steroid dienone is 1. The van der Waals surface area contributed by atoms with E-state index in [1.807, 2.05) is 4.90 Å². The Hall–Kier alpha value is -2.60. The summed E-state index contributed by atoms with van der Waals surface area (Å²) in [5, 5.41) is 0. The SMILES string of the molecule is O=C(C=CN1CCN(Cc2ccc(F)cc2)CC1)c1c(F)cccc1F. The van der Waals surface area contributed by atoms with Gasteiger partial charge in [-0.25, -0.2) is 13.2 Å². The molecule has 1 heterocycles. The Kier molecular flexibility index (Phi) is 5.73. The lowest BCUT2D eigenvalue weighted by Gasteiger charge is -2.34. The van der Waals surface area contributed by atoms with Crippen LogP contribution in [0.5, 0.6) is 0 Å². The van der Waals surface area contributed by atoms with E-state index in [-0.39, 0.29) is 5.82 Å². The van der Waals surface area contributed by atoms with Gasteiger partial charge in [0.25, 0.3) is 0 Å². The van der Waals surface area contributed by atoms with E-state index >= 15 is 0 Å². The predicted molar refractivity (Wildman–Crippen MR) is 93.1 cm³/mol. The smallest absolute Gasteiger partial charge is 0.193 e. The number of benzene rings is 2. The molecule has 0 bridgehead atoms. The Labute approximate surface area is 150 Å². The number of nitrogens with zero attached hydrogens (tertiary/aromatic N) is 2. The molecule has 26 heavy (non-hydrogen) atoms. The molecule has 1 aliphatic rings. The maximum Gasteiger partial charge on any atom is 0.193 e. The van der Waals surface area contributed by atoms with E-state index in [1.54, 1.807) is 18.3 Å². The summed E-state index contributed by atoms with van der Waals surface area (Å²) in [6.07, 6.45) is 2.79. The molecule has 3 rings (SSSR count). The van der Waals surface area contributed by atoms with Crippen LogP contribution in [0.15, 0.2) is 54.7 Å². The molecule has 0 radical (unpaired) electrons. The lowest BCUT2D eigenvalue weighted by atomic mass is 10.1. The minimum absolute atomic E-state index is 0.250. The van der Waals surface area contributed by atoms with Crippen LogP contribution < -0.4 is 0 Å². The minimum Gasteiger partial charge on any atom is -0.375 e. The molecule has 6 heteroatoms. The van der Waals surface area contributed by atoms with Crippen LogP contribution in [0.1, 0.15) is 15.9 Å². The highest BCUT2D eigenvalue weighted by Gasteiger charge is 2.17. The molecule has 136 valence electrons. The van der Waals surface area contributed by atoms with Gasteiger partial charge in [-0.15, -0.1) is 0 Å². The number of carbonyl (C=O) groups excluding carboxylic acids is 1. The lowest BCUT2D eigenvalue weighted by Crippen LogP contribution is -2.43. The molecular weight excluding hydrogens is 341 g/mol. The average Bonchev–Trinajstić information content (AvgIpc) is 2.63. The second kappa shape index (κ2) is 8.19. The quantitative estimate of drug-likeness (QED) is 0.601. The van der Waals surface area contributed by atoms with Gasteiger partial charge in [0.15, 0.2) is 5.78 Å². The van der Waals surface area contributed by atoms with Crippen molar-refractivity contribution in [2.45, 2.75) is 6.54 Å². The molecule has 1 saturated heterocycles. The van der Waals surface area contributed by atoms with E-state index in [2.05, 4.69) is 4.90 Å². The summed E-state index contributed by atoms with van der Waals surface area (Å²) in [5.74, 6) is -2.65. The molecule has 0 N–H and O–H groups in total. The lowest BCUT2D eigenvalue weighted by molar-refractivity contribution is 0.103. The topological polar surface area (TPSA) is 23.6 Å². The summed E-state index contributed by atoms with van der Waals surface area (Å²) in [7, 11) is 0. The molecule has 0 amide bonds. The highest BCUT2D eigenvalue weighted by Crippen LogP contribution is 2.14. The molecule has 0 saturated carbocycles. The fourth-order valence-electron chi connectivity index (χ4n) is 2.91. The number of halogens is 3. The second-order valence-corrected chi connectivity index (χ2v) is 6.22. The van der Waals surface area contributed by atoms with Gasteiger partial charge in [-0.3, -0.25) is 9.69 Å². The normalized spacial score (nSPS) is 15.6. The molecule has 3 nitrogen and oxygen atoms in total. The van der Waals surface area contributed by atoms with Crippen LogP contribution in [0.25, 0.3) is 0 Å². The van der Waals surface area contributed by atoms with Gasteiger partial charge in [0, 0.05) is 45.0 Å². The van der Waals surface area contributed by atoms with E-state index in [0.29, 0.717) is 13.1 Å². The third kappa shape index (κ3) is 4.52. The van der Waals surface area contributed by atoms with Crippen molar-refractivity contribution in [3.05, 3.63) is 83.3 Å². The maximum absolute atomic E-state index is 13.6. The highest BCUT2D eigenvalue weighted by molar-refractivity contribution is 6.04. The number of ketones is 1. The Morgan fingerprint density at radius 1 is 0.923 bits per heavy atom. The molecule has 2 aromatic rings. The molecule has 0 aromatic heterocycles. The van der Waals surface area contributed by atoms with Crippen molar-refractivity contribution in [1.29, 1.82) is 0 Å². The Morgan fingerprint density at radius 3 is 2.15 bits per heavy atom. The van der Waals surface area contributed by atoms with Crippen molar-refractivity contribution < 1.29 is 18.0 Å². The molecule has 1 fully saturated rings. The zero-order valence-electron chi connectivity index (χ0n) is 14.2. The third-order valence-corrected chi connectivity index (χ3v) is 4.37. The van der Waals surface area contributed by atoms with Crippen LogP contribution in [0, 0.1) is 17.5 Å². The third-order valence-electron chi connectivity index (χ3n) is 4.37. The summed E-state index contributed by atoms with van der Waals surface area (Å²) in [6, 6.07) is 9.79. The molecule has 0 aliphatic carbocycles. The van der Waals surface area contributed by atoms with Gasteiger partial charge in [-0.2, -0.15) is 0 Å². The Bertz CT molecular complexity index is 777. The molecular formula is C20H19F3N2O. The van der Waals surface area contributed by atoms with Crippen LogP contribution in [-0.2, 0) is 6.54 Å². The largest absolute Gasteiger partial charge is 0.375 e. The second-order valence-electron chi connectivity index (χ2n) is 6.22. The monoisotopic (exact) mass is 360 g/mol. The first-order valence-electron chi connectivity index (χ1n) is 8.40. The van der Waals surface area contributed by atoms with E-state index in [1.165, 1.54) is 24.3 Å². The average molecular weight is 360 g/mol. The van der Waals surface area contributed by atoms with Crippen molar-refractivity contribution >= 4 is 5.78 Å². The van der Waals surface area contributed by atoms with Crippen LogP contribution in [-0.4, -0.2) is 41.8 Å². The molecule has 0 unspecified atom stereocenters. The van der Waals surface area contributed by atoms with E-state index < -0.39 is 23.0 Å². The van der Waals surface area contributed by atoms with Crippen LogP contribution in [0.4, 0.5) is 13.2 Å². The fourth-order valence-corrected chi connectivity index (χ4v) is 2.91. The number of carbonyl (C=O) groups is 1. The van der Waals surface area contributed by atoms with Crippen LogP contribution in [0.3, 0.4) is 0 Å². The number of rotatable bonds is 5. The summed E-state index contributed by atoms with van der Waals surface area (Å²) in [6.45, 7) is 3.70. The number of piperazine rings is 1. The van der Waals surface area contributed by atoms with Crippen LogP contribution in [0.2, 0.25) is 0 Å². The van der Waals surface area contributed by atoms with Gasteiger partial charge in [-0.05, 0) is 29.8 Å². The number of hydrogen-bond donors (Lipinski definition) is 0. The Balaban J connectivity index is 1.53. The van der Waals surface area contributed by atoms with Gasteiger partial charge in [0.05, 0.1) is 5.56 Å². The van der Waals surface area contributed by atoms with Gasteiger partial charge in [0.2, 0.25) is 0 Å². The van der Waals surface area contributed by atoms with Crippen molar-refractivity contribution in [3.63, 3.8) is 0 Å². The fraction of sp³-hybridized carbons (Fsp3) is 0.250. The zero-order chi connectivity index (χ0) is 18.5. The first-order valence-corrected chi connectivity index (χ1v) is 8.40. The van der Waals surface area contributed by atoms with E-state index in [9.17, 15) is 18.0 Å². The standard InChI is InChI=1S/C20H19F3N2O/c21-16-6-4-15(5-7-16)14-25-12-10-24(11-13-25)9-8-19(26)20-17(22)2-1-3-18(20)23/h1-9H,10-14H2. The first-order chi connectivity index (χ1) is 12.5. The molecule has 1 aliphatic heterocycles. The van der Waals surface area contributed by atoms with Crippen molar-refractivity contribution in [1.82, 2.24) is 9.80 Å². The summed E-state index contributed by atoms with van der Waals surface area (Å²) < 4.78 is 40.2. The zero-order valence-corrected chi connectivity index (χ0v) is 14.2. The summed E-state index contributed by atoms with van der Waals surface area (Å²) in [5.41, 5.74) is 0.513. The van der Waals surface area contributed by atoms with E-state index in [4.69, 9.17) is 0 Å². The molecule has 2 aromatic carbocycles. The van der Waals surface area contributed by atoms with Gasteiger partial charge >= 0.3 is 0 Å².